The lowest BCUT2D eigenvalue weighted by Crippen LogP contribution is -1.93. The van der Waals surface area contributed by atoms with Crippen LogP contribution in [-0.4, -0.2) is 11.7 Å². The standard InChI is InChI=1S/C14H10Cl2O2S/c15-10-3-6-13(16)14(8-10)18-9-12-5-4-11(19-12)2-1-7-17/h3-6,8,17H,7,9H2. The van der Waals surface area contributed by atoms with Crippen molar-refractivity contribution < 1.29 is 9.84 Å². The van der Waals surface area contributed by atoms with Gasteiger partial charge in [-0.25, -0.2) is 0 Å². The Morgan fingerprint density at radius 3 is 2.84 bits per heavy atom. The van der Waals surface area contributed by atoms with E-state index in [0.29, 0.717) is 22.4 Å². The minimum atomic E-state index is -0.137. The van der Waals surface area contributed by atoms with Crippen molar-refractivity contribution in [2.75, 3.05) is 6.61 Å². The maximum atomic E-state index is 8.62. The summed E-state index contributed by atoms with van der Waals surface area (Å²) in [6.45, 7) is 0.271. The Kier molecular flexibility index (Phi) is 5.12. The summed E-state index contributed by atoms with van der Waals surface area (Å²) in [7, 11) is 0. The van der Waals surface area contributed by atoms with Crippen LogP contribution in [0.3, 0.4) is 0 Å². The number of hydrogen-bond acceptors (Lipinski definition) is 3. The van der Waals surface area contributed by atoms with Crippen molar-refractivity contribution in [1.82, 2.24) is 0 Å². The van der Waals surface area contributed by atoms with Gasteiger partial charge in [-0.3, -0.25) is 0 Å². The normalized spacial score (nSPS) is 9.84. The summed E-state index contributed by atoms with van der Waals surface area (Å²) in [6, 6.07) is 8.93. The van der Waals surface area contributed by atoms with Crippen LogP contribution in [0.4, 0.5) is 0 Å². The molecule has 98 valence electrons. The summed E-state index contributed by atoms with van der Waals surface area (Å²) in [5, 5.41) is 9.73. The number of aliphatic hydroxyl groups excluding tert-OH is 1. The highest BCUT2D eigenvalue weighted by atomic mass is 35.5. The van der Waals surface area contributed by atoms with Crippen LogP contribution in [0.5, 0.6) is 5.75 Å². The summed E-state index contributed by atoms with van der Waals surface area (Å²) in [6.07, 6.45) is 0. The number of halogens is 2. The van der Waals surface area contributed by atoms with Gasteiger partial charge in [0.15, 0.2) is 0 Å². The zero-order chi connectivity index (χ0) is 13.7. The number of thiophene rings is 1. The molecule has 0 bridgehead atoms. The van der Waals surface area contributed by atoms with Crippen LogP contribution in [0.1, 0.15) is 9.75 Å². The molecule has 5 heteroatoms. The third-order valence-corrected chi connectivity index (χ3v) is 3.74. The van der Waals surface area contributed by atoms with Crippen molar-refractivity contribution in [1.29, 1.82) is 0 Å². The summed E-state index contributed by atoms with van der Waals surface area (Å²) in [4.78, 5) is 1.92. The Balaban J connectivity index is 2.02. The van der Waals surface area contributed by atoms with Gasteiger partial charge in [-0.05, 0) is 24.3 Å². The van der Waals surface area contributed by atoms with E-state index in [1.54, 1.807) is 18.2 Å². The van der Waals surface area contributed by atoms with E-state index in [-0.39, 0.29) is 6.61 Å². The van der Waals surface area contributed by atoms with Crippen molar-refractivity contribution >= 4 is 34.5 Å². The average Bonchev–Trinajstić information content (AvgIpc) is 2.85. The predicted molar refractivity (Wildman–Crippen MR) is 79.1 cm³/mol. The second-order valence-electron chi connectivity index (χ2n) is 3.59. The monoisotopic (exact) mass is 312 g/mol. The van der Waals surface area contributed by atoms with E-state index in [1.807, 2.05) is 12.1 Å². The second-order valence-corrected chi connectivity index (χ2v) is 5.60. The molecule has 1 aromatic carbocycles. The first kappa shape index (κ1) is 14.2. The van der Waals surface area contributed by atoms with E-state index < -0.39 is 0 Å². The molecule has 0 unspecified atom stereocenters. The smallest absolute Gasteiger partial charge is 0.139 e. The van der Waals surface area contributed by atoms with E-state index in [0.717, 1.165) is 9.75 Å². The van der Waals surface area contributed by atoms with Crippen molar-refractivity contribution in [2.45, 2.75) is 6.61 Å². The molecule has 0 spiro atoms. The molecule has 0 aliphatic rings. The molecule has 19 heavy (non-hydrogen) atoms. The van der Waals surface area contributed by atoms with Gasteiger partial charge in [-0.15, -0.1) is 11.3 Å². The molecule has 0 saturated carbocycles. The zero-order valence-corrected chi connectivity index (χ0v) is 12.1. The van der Waals surface area contributed by atoms with Gasteiger partial charge in [-0.1, -0.05) is 35.0 Å². The SMILES string of the molecule is OCC#Cc1ccc(COc2cc(Cl)ccc2Cl)s1. The van der Waals surface area contributed by atoms with Gasteiger partial charge in [0, 0.05) is 16.0 Å². The predicted octanol–water partition coefficient (Wildman–Crippen LogP) is 3.98. The molecule has 0 atom stereocenters. The van der Waals surface area contributed by atoms with Crippen molar-refractivity contribution in [3.05, 3.63) is 50.1 Å². The Morgan fingerprint density at radius 2 is 2.05 bits per heavy atom. The fourth-order valence-electron chi connectivity index (χ4n) is 1.39. The van der Waals surface area contributed by atoms with Crippen LogP contribution >= 0.6 is 34.5 Å². The molecule has 2 rings (SSSR count). The molecule has 0 aliphatic heterocycles. The lowest BCUT2D eigenvalue weighted by Gasteiger charge is -2.06. The van der Waals surface area contributed by atoms with Gasteiger partial charge in [0.25, 0.3) is 0 Å². The highest BCUT2D eigenvalue weighted by Gasteiger charge is 2.04. The minimum absolute atomic E-state index is 0.137. The molecule has 2 aromatic rings. The molecular formula is C14H10Cl2O2S. The minimum Gasteiger partial charge on any atom is -0.486 e. The highest BCUT2D eigenvalue weighted by molar-refractivity contribution is 7.12. The Hall–Kier alpha value is -1.18. The lowest BCUT2D eigenvalue weighted by molar-refractivity contribution is 0.310. The molecule has 1 N–H and O–H groups in total. The number of rotatable bonds is 3. The molecular weight excluding hydrogens is 303 g/mol. The molecule has 0 amide bonds. The Morgan fingerprint density at radius 1 is 1.21 bits per heavy atom. The maximum Gasteiger partial charge on any atom is 0.139 e. The summed E-state index contributed by atoms with van der Waals surface area (Å²) in [5.41, 5.74) is 0. The number of aliphatic hydroxyl groups is 1. The lowest BCUT2D eigenvalue weighted by atomic mass is 10.3. The average molecular weight is 313 g/mol. The van der Waals surface area contributed by atoms with E-state index in [9.17, 15) is 0 Å². The van der Waals surface area contributed by atoms with Crippen LogP contribution < -0.4 is 4.74 Å². The van der Waals surface area contributed by atoms with E-state index in [1.165, 1.54) is 11.3 Å². The number of benzene rings is 1. The zero-order valence-electron chi connectivity index (χ0n) is 9.82. The fourth-order valence-corrected chi connectivity index (χ4v) is 2.52. The first-order valence-corrected chi connectivity index (χ1v) is 7.02. The molecule has 0 fully saturated rings. The first-order valence-electron chi connectivity index (χ1n) is 5.45. The highest BCUT2D eigenvalue weighted by Crippen LogP contribution is 2.29. The Bertz CT molecular complexity index is 626. The van der Waals surface area contributed by atoms with Crippen LogP contribution in [0.2, 0.25) is 10.0 Å². The van der Waals surface area contributed by atoms with Gasteiger partial charge < -0.3 is 9.84 Å². The van der Waals surface area contributed by atoms with Crippen LogP contribution in [0.15, 0.2) is 30.3 Å². The fraction of sp³-hybridized carbons (Fsp3) is 0.143. The van der Waals surface area contributed by atoms with Gasteiger partial charge in [-0.2, -0.15) is 0 Å². The van der Waals surface area contributed by atoms with E-state index in [4.69, 9.17) is 33.0 Å². The third-order valence-electron chi connectivity index (χ3n) is 2.22. The van der Waals surface area contributed by atoms with Gasteiger partial charge >= 0.3 is 0 Å². The Labute approximate surface area is 125 Å². The van der Waals surface area contributed by atoms with E-state index in [2.05, 4.69) is 11.8 Å². The summed E-state index contributed by atoms with van der Waals surface area (Å²) >= 11 is 13.4. The number of ether oxygens (including phenoxy) is 1. The van der Waals surface area contributed by atoms with Gasteiger partial charge in [0.05, 0.1) is 9.90 Å². The van der Waals surface area contributed by atoms with Crippen LogP contribution in [-0.2, 0) is 6.61 Å². The molecule has 0 saturated heterocycles. The van der Waals surface area contributed by atoms with Gasteiger partial charge in [0.1, 0.15) is 19.0 Å². The van der Waals surface area contributed by atoms with Crippen LogP contribution in [0.25, 0.3) is 0 Å². The molecule has 1 aromatic heterocycles. The molecule has 2 nitrogen and oxygen atoms in total. The third kappa shape index (κ3) is 4.15. The maximum absolute atomic E-state index is 8.62. The summed E-state index contributed by atoms with van der Waals surface area (Å²) < 4.78 is 5.62. The quantitative estimate of drug-likeness (QED) is 0.869. The van der Waals surface area contributed by atoms with Crippen LogP contribution in [0, 0.1) is 11.8 Å². The molecule has 1 heterocycles. The molecule has 0 aliphatic carbocycles. The van der Waals surface area contributed by atoms with Crippen molar-refractivity contribution in [3.63, 3.8) is 0 Å². The molecule has 0 radical (unpaired) electrons. The number of hydrogen-bond donors (Lipinski definition) is 1. The largest absolute Gasteiger partial charge is 0.486 e. The first-order chi connectivity index (χ1) is 9.19. The van der Waals surface area contributed by atoms with E-state index >= 15 is 0 Å². The van der Waals surface area contributed by atoms with Gasteiger partial charge in [0.2, 0.25) is 0 Å². The topological polar surface area (TPSA) is 29.5 Å². The summed E-state index contributed by atoms with van der Waals surface area (Å²) in [5.74, 6) is 6.01. The van der Waals surface area contributed by atoms with Crippen molar-refractivity contribution in [3.8, 4) is 17.6 Å². The second kappa shape index (κ2) is 6.83. The van der Waals surface area contributed by atoms with Crippen molar-refractivity contribution in [2.24, 2.45) is 0 Å².